The molecule has 2 aliphatic heterocycles. The van der Waals surface area contributed by atoms with Gasteiger partial charge in [-0.25, -0.2) is 11.3 Å². The van der Waals surface area contributed by atoms with Crippen LogP contribution in [-0.2, 0) is 110 Å². The summed E-state index contributed by atoms with van der Waals surface area (Å²) in [6, 6.07) is 157. The third-order valence-corrected chi connectivity index (χ3v) is 42.3. The predicted molar refractivity (Wildman–Crippen MR) is 559 cm³/mol. The van der Waals surface area contributed by atoms with Crippen molar-refractivity contribution in [2.75, 3.05) is 0 Å². The van der Waals surface area contributed by atoms with Crippen LogP contribution < -0.4 is 61.6 Å². The minimum Gasteiger partial charge on any atom is -0.319 e. The number of fused-ring (bicyclic) bond motifs is 8. The average Bonchev–Trinajstić information content (AvgIpc) is 0.701. The number of aromatic nitrogens is 4. The Balaban J connectivity index is 0.000000127. The van der Waals surface area contributed by atoms with E-state index in [0.717, 1.165) is 183 Å². The zero-order valence-electron chi connectivity index (χ0n) is 73.6. The molecule has 1 unspecified atom stereocenters. The summed E-state index contributed by atoms with van der Waals surface area (Å²) in [6.07, 6.45) is 5.68. The van der Waals surface area contributed by atoms with E-state index in [4.69, 9.17) is 15.0 Å². The zero-order chi connectivity index (χ0) is 90.1. The van der Waals surface area contributed by atoms with Gasteiger partial charge in [-0.2, -0.15) is 12.1 Å². The van der Waals surface area contributed by atoms with Gasteiger partial charge in [0.15, 0.2) is 28.6 Å². The number of hydrogen-bond acceptors (Lipinski definition) is 11. The molecule has 0 saturated carbocycles. The molecule has 0 fully saturated rings. The van der Waals surface area contributed by atoms with Gasteiger partial charge >= 0.3 is 0 Å². The van der Waals surface area contributed by atoms with Crippen LogP contribution in [0.1, 0.15) is 47.2 Å². The van der Waals surface area contributed by atoms with Crippen LogP contribution >= 0.6 is 62.6 Å². The molecule has 0 N–H and O–H groups in total. The molecule has 15 aromatic carbocycles. The summed E-state index contributed by atoms with van der Waals surface area (Å²) < 4.78 is 62.6. The van der Waals surface area contributed by atoms with Gasteiger partial charge in [0, 0.05) is 131 Å². The van der Waals surface area contributed by atoms with Crippen molar-refractivity contribution in [2.24, 2.45) is 0 Å². The van der Waals surface area contributed by atoms with Gasteiger partial charge in [0.25, 0.3) is 0 Å². The van der Waals surface area contributed by atoms with Gasteiger partial charge in [0.2, 0.25) is 0 Å². The number of benzene rings is 15. The van der Waals surface area contributed by atoms with Crippen molar-refractivity contribution in [3.8, 4) is 44.3 Å². The maximum atomic E-state index is 16.0. The molecule has 4 radical (unpaired) electrons. The summed E-state index contributed by atoms with van der Waals surface area (Å²) in [6.45, 7) is 4.42. The second-order valence-electron chi connectivity index (χ2n) is 33.3. The summed E-state index contributed by atoms with van der Waals surface area (Å²) in [5.41, 5.74) is 12.5. The van der Waals surface area contributed by atoms with Gasteiger partial charge < -0.3 is 33.2 Å². The summed E-state index contributed by atoms with van der Waals surface area (Å²) in [5, 5.41) is 19.4. The van der Waals surface area contributed by atoms with Gasteiger partial charge in [0.05, 0.1) is 20.2 Å². The van der Waals surface area contributed by atoms with Crippen molar-refractivity contribution in [3.63, 3.8) is 0 Å². The molecule has 1 atom stereocenters. The quantitative estimate of drug-likeness (QED) is 0.0780. The standard InChI is InChI=1S/C40H27NOP.C30H23NOP.C27H19NOP.C21H13NOPS3.4Ir/c42-43(34-21-13-16-30(26-34)37-27-29-14-7-8-15-31(29)28-41-37)38-24-11-9-22-35(38)40(32-17-3-1-4-18-32,33-19-5-2-6-20-33)36-23-10-12-25-39(36)43;1-30(2)25-14-8-9-15-28(25)33(32,24-12-4-3-5-13-24)29-19-22(16-17-26(29)30)27-18-21-10-6-7-11-23(21)20-31-27;29-30(23-12-3-1-4-13-23,24-14-5-2-6-15-24)25-16-9-11-22(20-25)27-19-18-21-10-7-8-17-26(21)28-27;23-24(19-7-3-11-25-19,20-8-4-12-26-20)21-10-9-18(27-21)17-13-15-5-1-2-6-16(15)14-22-17;;;;/h1-15,17-28H;3-15,17-20H,1-2H3;1-10,12-20H;1-8,10-14H;;;;/q4*-1;;;;. The van der Waals surface area contributed by atoms with Crippen LogP contribution in [0.4, 0.5) is 0 Å². The monoisotopic (exact) mass is 2610 g/mol. The van der Waals surface area contributed by atoms with Crippen LogP contribution in [0.2, 0.25) is 0 Å². The van der Waals surface area contributed by atoms with Gasteiger partial charge in [-0.05, 0) is 127 Å². The van der Waals surface area contributed by atoms with Crippen molar-refractivity contribution in [3.05, 3.63) is 518 Å². The molecule has 19 heteroatoms. The van der Waals surface area contributed by atoms with Gasteiger partial charge in [0.1, 0.15) is 0 Å². The number of rotatable bonds is 14. The first-order valence-electron chi connectivity index (χ1n) is 43.8. The first-order chi connectivity index (χ1) is 65.2. The molecule has 24 rings (SSSR count). The van der Waals surface area contributed by atoms with E-state index in [1.54, 1.807) is 22.7 Å². The molecule has 22 aromatic rings. The maximum absolute atomic E-state index is 16.0. The van der Waals surface area contributed by atoms with E-state index in [9.17, 15) is 9.13 Å². The van der Waals surface area contributed by atoms with Crippen LogP contribution in [-0.4, -0.2) is 19.9 Å². The van der Waals surface area contributed by atoms with Gasteiger partial charge in [-0.15, -0.1) is 112 Å². The molecule has 0 bridgehead atoms. The molecular formula is C118H82Ir4N4O4P4S3-4. The molecule has 7 aromatic heterocycles. The maximum Gasteiger partial charge on any atom is 0.154 e. The van der Waals surface area contributed by atoms with Crippen LogP contribution in [0.25, 0.3) is 87.6 Å². The largest absolute Gasteiger partial charge is 0.319 e. The topological polar surface area (TPSA) is 120 Å². The minimum atomic E-state index is -3.31. The Morgan fingerprint density at radius 2 is 0.715 bits per heavy atom. The smallest absolute Gasteiger partial charge is 0.154 e. The Bertz CT molecular complexity index is 8140. The minimum absolute atomic E-state index is 0. The number of thiophene rings is 3. The molecule has 0 aliphatic carbocycles. The zero-order valence-corrected chi connectivity index (χ0v) is 89.3. The first kappa shape index (κ1) is 97.2. The SMILES string of the molecule is CC1(C)c2ccccc2P(=O)(c2ccccc2)c2cc(-c3cc4ccccc4cn3)[c-]cc21.O=P(c1ccccc1)(c1ccccc1)c1cc[c-]c(-c2ccc3ccccc3n2)c1.O=P(c1cccs1)(c1cccs1)c1c[c-]c(-c2cc3ccccc3cn2)s1.O=P1(c2cc[c-]c(-c3cc4ccccc4cn3)c2)c2ccccc2C(c2ccccc2)(c2ccccc2)c2ccccc21.[Ir].[Ir].[Ir].[Ir]. The summed E-state index contributed by atoms with van der Waals surface area (Å²) in [5.74, 6) is 0. The Morgan fingerprint density at radius 1 is 0.299 bits per heavy atom. The molecule has 0 amide bonds. The van der Waals surface area contributed by atoms with Crippen molar-refractivity contribution in [2.45, 2.75) is 24.7 Å². The van der Waals surface area contributed by atoms with Crippen LogP contribution in [0.15, 0.2) is 460 Å². The predicted octanol–water partition coefficient (Wildman–Crippen LogP) is 24.9. The molecule has 676 valence electrons. The summed E-state index contributed by atoms with van der Waals surface area (Å²) >= 11 is 4.63. The van der Waals surface area contributed by atoms with E-state index in [1.165, 1.54) is 11.3 Å². The molecule has 0 saturated heterocycles. The van der Waals surface area contributed by atoms with Crippen molar-refractivity contribution in [1.82, 2.24) is 19.9 Å². The Hall–Kier alpha value is -11.4. The average molecular weight is 2610 g/mol. The van der Waals surface area contributed by atoms with Crippen molar-refractivity contribution in [1.29, 1.82) is 0 Å². The van der Waals surface area contributed by atoms with Crippen molar-refractivity contribution >= 4 is 167 Å². The molecule has 2 aliphatic rings. The Morgan fingerprint density at radius 3 is 1.23 bits per heavy atom. The number of hydrogen-bond donors (Lipinski definition) is 0. The first-order valence-corrected chi connectivity index (χ1v) is 53.2. The van der Waals surface area contributed by atoms with Crippen LogP contribution in [0.5, 0.6) is 0 Å². The number of pyridine rings is 4. The fourth-order valence-corrected chi connectivity index (χ4v) is 35.6. The van der Waals surface area contributed by atoms with E-state index >= 15 is 9.13 Å². The number of nitrogens with zero attached hydrogens (tertiary/aromatic N) is 4. The fraction of sp³-hybridized carbons (Fsp3) is 0.0339. The molecular weight excluding hydrogens is 2530 g/mol. The normalized spacial score (nSPS) is 13.9. The molecule has 0 spiro atoms. The van der Waals surface area contributed by atoms with Crippen LogP contribution in [0, 0.1) is 24.3 Å². The van der Waals surface area contributed by atoms with Gasteiger partial charge in [-0.1, -0.05) is 393 Å². The molecule has 8 nitrogen and oxygen atoms in total. The van der Waals surface area contributed by atoms with E-state index in [1.807, 2.05) is 290 Å². The number of para-hydroxylation sites is 1. The van der Waals surface area contributed by atoms with Gasteiger partial charge in [-0.3, -0.25) is 4.98 Å². The fourth-order valence-electron chi connectivity index (χ4n) is 18.7. The summed E-state index contributed by atoms with van der Waals surface area (Å²) in [7, 11) is -12.2. The Kier molecular flexibility index (Phi) is 29.6. The molecule has 137 heavy (non-hydrogen) atoms. The van der Waals surface area contributed by atoms with E-state index < -0.39 is 34.0 Å². The van der Waals surface area contributed by atoms with E-state index in [2.05, 4.69) is 213 Å². The molecule has 9 heterocycles. The van der Waals surface area contributed by atoms with Crippen molar-refractivity contribution < 1.29 is 98.7 Å². The Labute approximate surface area is 863 Å². The third-order valence-electron chi connectivity index (χ3n) is 25.3. The summed E-state index contributed by atoms with van der Waals surface area (Å²) in [4.78, 5) is 19.8. The van der Waals surface area contributed by atoms with E-state index in [-0.39, 0.29) is 85.8 Å². The van der Waals surface area contributed by atoms with E-state index in [0.29, 0.717) is 0 Å². The second-order valence-corrected chi connectivity index (χ2v) is 48.0. The van der Waals surface area contributed by atoms with Crippen LogP contribution in [0.3, 0.4) is 0 Å². The second kappa shape index (κ2) is 41.7. The third kappa shape index (κ3) is 18.1.